The van der Waals surface area contributed by atoms with Crippen LogP contribution in [0.4, 0.5) is 0 Å². The van der Waals surface area contributed by atoms with Crippen molar-refractivity contribution in [2.75, 3.05) is 0 Å². The highest BCUT2D eigenvalue weighted by Crippen LogP contribution is 2.18. The number of aryl methyl sites for hydroxylation is 2. The summed E-state index contributed by atoms with van der Waals surface area (Å²) in [4.78, 5) is 3.27. The van der Waals surface area contributed by atoms with E-state index in [4.69, 9.17) is 12.2 Å². The number of aromatic amines is 1. The van der Waals surface area contributed by atoms with Gasteiger partial charge in [-0.3, -0.25) is 0 Å². The van der Waals surface area contributed by atoms with Crippen molar-refractivity contribution in [1.82, 2.24) is 9.55 Å². The third-order valence-corrected chi connectivity index (χ3v) is 3.68. The topological polar surface area (TPSA) is 20.7 Å². The van der Waals surface area contributed by atoms with Crippen LogP contribution in [0.25, 0.3) is 11.0 Å². The molecule has 3 heteroatoms. The van der Waals surface area contributed by atoms with Gasteiger partial charge < -0.3 is 9.55 Å². The summed E-state index contributed by atoms with van der Waals surface area (Å²) in [5.41, 5.74) is 6.08. The van der Waals surface area contributed by atoms with Crippen molar-refractivity contribution in [2.45, 2.75) is 20.4 Å². The molecule has 0 bridgehead atoms. The van der Waals surface area contributed by atoms with Crippen molar-refractivity contribution in [2.24, 2.45) is 0 Å². The zero-order valence-corrected chi connectivity index (χ0v) is 11.9. The van der Waals surface area contributed by atoms with Crippen LogP contribution in [0.1, 0.15) is 16.7 Å². The number of H-pyrrole nitrogens is 1. The first kappa shape index (κ1) is 12.2. The lowest BCUT2D eigenvalue weighted by atomic mass is 10.1. The Labute approximate surface area is 117 Å². The van der Waals surface area contributed by atoms with Crippen LogP contribution in [0.2, 0.25) is 0 Å². The lowest BCUT2D eigenvalue weighted by Crippen LogP contribution is -1.99. The molecule has 0 amide bonds. The number of nitrogens with zero attached hydrogens (tertiary/aromatic N) is 1. The third-order valence-electron chi connectivity index (χ3n) is 3.35. The van der Waals surface area contributed by atoms with E-state index in [0.29, 0.717) is 0 Å². The number of fused-ring (bicyclic) bond motifs is 1. The molecular weight excluding hydrogens is 252 g/mol. The lowest BCUT2D eigenvalue weighted by Gasteiger charge is -2.06. The van der Waals surface area contributed by atoms with Crippen LogP contribution in [0.5, 0.6) is 0 Å². The van der Waals surface area contributed by atoms with E-state index in [0.717, 1.165) is 16.8 Å². The van der Waals surface area contributed by atoms with Crippen molar-refractivity contribution in [3.63, 3.8) is 0 Å². The molecule has 1 N–H and O–H groups in total. The van der Waals surface area contributed by atoms with E-state index in [2.05, 4.69) is 65.9 Å². The first-order valence-corrected chi connectivity index (χ1v) is 6.79. The van der Waals surface area contributed by atoms with E-state index < -0.39 is 0 Å². The number of rotatable bonds is 2. The second kappa shape index (κ2) is 4.67. The lowest BCUT2D eigenvalue weighted by molar-refractivity contribution is 0.809. The molecule has 3 aromatic rings. The van der Waals surface area contributed by atoms with Gasteiger partial charge in [0.05, 0.1) is 17.6 Å². The Morgan fingerprint density at radius 3 is 2.63 bits per heavy atom. The number of imidazole rings is 1. The summed E-state index contributed by atoms with van der Waals surface area (Å²) in [6.45, 7) is 5.03. The second-order valence-electron chi connectivity index (χ2n) is 5.03. The van der Waals surface area contributed by atoms with Gasteiger partial charge in [-0.25, -0.2) is 0 Å². The summed E-state index contributed by atoms with van der Waals surface area (Å²) in [7, 11) is 0. The molecule has 0 saturated carbocycles. The Bertz CT molecular complexity index is 796. The van der Waals surface area contributed by atoms with Crippen LogP contribution < -0.4 is 0 Å². The van der Waals surface area contributed by atoms with Crippen LogP contribution in [-0.4, -0.2) is 9.55 Å². The highest BCUT2D eigenvalue weighted by Gasteiger charge is 2.05. The van der Waals surface area contributed by atoms with Gasteiger partial charge in [-0.1, -0.05) is 35.9 Å². The highest BCUT2D eigenvalue weighted by molar-refractivity contribution is 7.71. The molecule has 2 nitrogen and oxygen atoms in total. The Kier molecular flexibility index (Phi) is 2.99. The van der Waals surface area contributed by atoms with E-state index in [1.54, 1.807) is 0 Å². The van der Waals surface area contributed by atoms with Crippen LogP contribution in [0, 0.1) is 18.6 Å². The predicted octanol–water partition coefficient (Wildman–Crippen LogP) is 4.36. The summed E-state index contributed by atoms with van der Waals surface area (Å²) in [5.74, 6) is 0. The maximum atomic E-state index is 5.44. The Morgan fingerprint density at radius 1 is 1.05 bits per heavy atom. The van der Waals surface area contributed by atoms with Gasteiger partial charge in [0.2, 0.25) is 0 Å². The molecular formula is C16H16N2S. The van der Waals surface area contributed by atoms with Crippen molar-refractivity contribution in [3.8, 4) is 0 Å². The zero-order valence-electron chi connectivity index (χ0n) is 11.1. The van der Waals surface area contributed by atoms with E-state index in [1.807, 2.05) is 0 Å². The predicted molar refractivity (Wildman–Crippen MR) is 82.1 cm³/mol. The summed E-state index contributed by atoms with van der Waals surface area (Å²) >= 11 is 5.44. The second-order valence-corrected chi connectivity index (χ2v) is 5.41. The monoisotopic (exact) mass is 268 g/mol. The van der Waals surface area contributed by atoms with E-state index in [-0.39, 0.29) is 0 Å². The number of benzene rings is 2. The molecule has 0 aliphatic rings. The summed E-state index contributed by atoms with van der Waals surface area (Å²) < 4.78 is 2.94. The maximum absolute atomic E-state index is 5.44. The quantitative estimate of drug-likeness (QED) is 0.685. The summed E-state index contributed by atoms with van der Waals surface area (Å²) in [6.07, 6.45) is 0. The van der Waals surface area contributed by atoms with E-state index in [9.17, 15) is 0 Å². The molecule has 1 heterocycles. The number of nitrogens with one attached hydrogen (secondary N) is 1. The Morgan fingerprint density at radius 2 is 1.84 bits per heavy atom. The smallest absolute Gasteiger partial charge is 0.178 e. The first-order chi connectivity index (χ1) is 9.13. The fraction of sp³-hybridized carbons (Fsp3) is 0.188. The third kappa shape index (κ3) is 2.34. The van der Waals surface area contributed by atoms with Gasteiger partial charge in [0.15, 0.2) is 4.77 Å². The number of hydrogen-bond donors (Lipinski definition) is 1. The number of hydrogen-bond acceptors (Lipinski definition) is 1. The van der Waals surface area contributed by atoms with Gasteiger partial charge in [0, 0.05) is 0 Å². The standard InChI is InChI=1S/C16H16N2S/c1-11-4-3-5-13(8-11)10-18-15-9-12(2)6-7-14(15)17-16(18)19/h3-9H,10H2,1-2H3,(H,17,19). The van der Waals surface area contributed by atoms with Gasteiger partial charge in [0.25, 0.3) is 0 Å². The summed E-state index contributed by atoms with van der Waals surface area (Å²) in [5, 5.41) is 0. The van der Waals surface area contributed by atoms with Crippen LogP contribution in [-0.2, 0) is 6.54 Å². The van der Waals surface area contributed by atoms with Crippen molar-refractivity contribution in [1.29, 1.82) is 0 Å². The average Bonchev–Trinajstić information content (AvgIpc) is 2.66. The molecule has 96 valence electrons. The van der Waals surface area contributed by atoms with Gasteiger partial charge in [-0.15, -0.1) is 0 Å². The summed E-state index contributed by atoms with van der Waals surface area (Å²) in [6, 6.07) is 14.9. The molecule has 1 aromatic heterocycles. The molecule has 0 unspecified atom stereocenters. The van der Waals surface area contributed by atoms with Gasteiger partial charge >= 0.3 is 0 Å². The minimum Gasteiger partial charge on any atom is -0.331 e. The number of aromatic nitrogens is 2. The molecule has 0 spiro atoms. The van der Waals surface area contributed by atoms with Crippen LogP contribution >= 0.6 is 12.2 Å². The largest absolute Gasteiger partial charge is 0.331 e. The zero-order chi connectivity index (χ0) is 13.4. The minimum atomic E-state index is 0.780. The fourth-order valence-corrected chi connectivity index (χ4v) is 2.69. The molecule has 0 aliphatic heterocycles. The Hall–Kier alpha value is -1.87. The molecule has 0 saturated heterocycles. The van der Waals surface area contributed by atoms with Gasteiger partial charge in [0.1, 0.15) is 0 Å². The molecule has 19 heavy (non-hydrogen) atoms. The molecule has 0 radical (unpaired) electrons. The first-order valence-electron chi connectivity index (χ1n) is 6.38. The van der Waals surface area contributed by atoms with E-state index in [1.165, 1.54) is 22.2 Å². The highest BCUT2D eigenvalue weighted by atomic mass is 32.1. The van der Waals surface area contributed by atoms with Crippen molar-refractivity contribution < 1.29 is 0 Å². The SMILES string of the molecule is Cc1cccc(Cn2c(=S)[nH]c3ccc(C)cc32)c1. The van der Waals surface area contributed by atoms with Crippen molar-refractivity contribution >= 4 is 23.3 Å². The van der Waals surface area contributed by atoms with Gasteiger partial charge in [-0.2, -0.15) is 0 Å². The minimum absolute atomic E-state index is 0.780. The molecule has 0 aliphatic carbocycles. The maximum Gasteiger partial charge on any atom is 0.178 e. The van der Waals surface area contributed by atoms with Gasteiger partial charge in [-0.05, 0) is 49.3 Å². The molecule has 3 rings (SSSR count). The molecule has 0 atom stereocenters. The molecule has 0 fully saturated rings. The van der Waals surface area contributed by atoms with E-state index >= 15 is 0 Å². The van der Waals surface area contributed by atoms with Crippen molar-refractivity contribution in [3.05, 3.63) is 63.9 Å². The van der Waals surface area contributed by atoms with Crippen LogP contribution in [0.15, 0.2) is 42.5 Å². The van der Waals surface area contributed by atoms with Crippen LogP contribution in [0.3, 0.4) is 0 Å². The average molecular weight is 268 g/mol. The molecule has 2 aromatic carbocycles. The fourth-order valence-electron chi connectivity index (χ4n) is 2.41. The Balaban J connectivity index is 2.12. The normalized spacial score (nSPS) is 11.1.